The first-order valence-electron chi connectivity index (χ1n) is 5.23. The average molecular weight is 270 g/mol. The molecule has 0 saturated carbocycles. The summed E-state index contributed by atoms with van der Waals surface area (Å²) in [4.78, 5) is 15.2. The van der Waals surface area contributed by atoms with Gasteiger partial charge in [0.25, 0.3) is 0 Å². The quantitative estimate of drug-likeness (QED) is 0.673. The Labute approximate surface area is 106 Å². The molecule has 2 rings (SSSR count). The van der Waals surface area contributed by atoms with Crippen molar-refractivity contribution in [2.24, 2.45) is 0 Å². The van der Waals surface area contributed by atoms with Gasteiger partial charge in [0.15, 0.2) is 17.5 Å². The molecule has 1 heterocycles. The summed E-state index contributed by atoms with van der Waals surface area (Å²) >= 11 is 0. The minimum atomic E-state index is -1.62. The molecule has 0 aliphatic rings. The predicted octanol–water partition coefficient (Wildman–Crippen LogP) is 2.48. The number of carbonyl (C=O) groups excluding carboxylic acids is 1. The summed E-state index contributed by atoms with van der Waals surface area (Å²) in [5, 5.41) is 2.27. The van der Waals surface area contributed by atoms with Gasteiger partial charge in [-0.3, -0.25) is 4.98 Å². The van der Waals surface area contributed by atoms with Gasteiger partial charge in [0.1, 0.15) is 5.56 Å². The Hall–Kier alpha value is -2.31. The Balaban J connectivity index is 2.89. The van der Waals surface area contributed by atoms with Crippen LogP contribution in [0.5, 0.6) is 0 Å². The van der Waals surface area contributed by atoms with Crippen molar-refractivity contribution in [1.29, 1.82) is 0 Å². The third-order valence-corrected chi connectivity index (χ3v) is 2.65. The van der Waals surface area contributed by atoms with Gasteiger partial charge in [0.2, 0.25) is 0 Å². The van der Waals surface area contributed by atoms with E-state index in [2.05, 4.69) is 15.0 Å². The minimum Gasteiger partial charge on any atom is -0.465 e. The summed E-state index contributed by atoms with van der Waals surface area (Å²) in [7, 11) is 2.56. The standard InChI is InChI=1S/C12H9F3N2O2/c1-16-11-5(12(18)19-2)4-17-7-3-6(13)9(14)10(15)8(7)11/h3-4H,1-2H3,(H,16,17). The smallest absolute Gasteiger partial charge is 0.341 e. The average Bonchev–Trinajstić information content (AvgIpc) is 2.42. The molecule has 4 nitrogen and oxygen atoms in total. The molecule has 7 heteroatoms. The van der Waals surface area contributed by atoms with Crippen LogP contribution in [0.1, 0.15) is 10.4 Å². The number of halogens is 3. The van der Waals surface area contributed by atoms with E-state index in [4.69, 9.17) is 0 Å². The number of pyridine rings is 1. The van der Waals surface area contributed by atoms with Crippen LogP contribution in [0.15, 0.2) is 12.3 Å². The zero-order chi connectivity index (χ0) is 14.2. The Kier molecular flexibility index (Phi) is 3.28. The number of benzene rings is 1. The highest BCUT2D eigenvalue weighted by Gasteiger charge is 2.21. The molecule has 0 amide bonds. The van der Waals surface area contributed by atoms with E-state index in [0.29, 0.717) is 0 Å². The van der Waals surface area contributed by atoms with Crippen molar-refractivity contribution in [2.45, 2.75) is 0 Å². The van der Waals surface area contributed by atoms with E-state index >= 15 is 0 Å². The largest absolute Gasteiger partial charge is 0.465 e. The maximum Gasteiger partial charge on any atom is 0.341 e. The summed E-state index contributed by atoms with van der Waals surface area (Å²) in [5.74, 6) is -5.13. The molecule has 0 atom stereocenters. The van der Waals surface area contributed by atoms with E-state index < -0.39 is 23.4 Å². The Bertz CT molecular complexity index is 674. The summed E-state index contributed by atoms with van der Waals surface area (Å²) in [5.41, 5.74) is -0.177. The van der Waals surface area contributed by atoms with Crippen molar-refractivity contribution < 1.29 is 22.7 Å². The second kappa shape index (κ2) is 4.75. The van der Waals surface area contributed by atoms with Gasteiger partial charge in [-0.1, -0.05) is 0 Å². The van der Waals surface area contributed by atoms with Crippen LogP contribution in [0, 0.1) is 17.5 Å². The number of esters is 1. The molecule has 0 radical (unpaired) electrons. The van der Waals surface area contributed by atoms with E-state index in [-0.39, 0.29) is 22.2 Å². The molecular weight excluding hydrogens is 261 g/mol. The molecule has 100 valence electrons. The second-order valence-corrected chi connectivity index (χ2v) is 3.67. The molecular formula is C12H9F3N2O2. The van der Waals surface area contributed by atoms with Crippen molar-refractivity contribution in [3.63, 3.8) is 0 Å². The van der Waals surface area contributed by atoms with E-state index in [1.807, 2.05) is 0 Å². The first-order chi connectivity index (χ1) is 9.01. The number of carbonyl (C=O) groups is 1. The molecule has 0 bridgehead atoms. The number of hydrogen-bond acceptors (Lipinski definition) is 4. The van der Waals surface area contributed by atoms with Crippen LogP contribution in [0.2, 0.25) is 0 Å². The molecule has 0 aliphatic heterocycles. The van der Waals surface area contributed by atoms with Crippen molar-refractivity contribution in [1.82, 2.24) is 4.98 Å². The van der Waals surface area contributed by atoms with Gasteiger partial charge < -0.3 is 10.1 Å². The molecule has 0 fully saturated rings. The maximum absolute atomic E-state index is 13.8. The molecule has 0 saturated heterocycles. The lowest BCUT2D eigenvalue weighted by atomic mass is 10.1. The van der Waals surface area contributed by atoms with Gasteiger partial charge in [-0.05, 0) is 0 Å². The first kappa shape index (κ1) is 13.1. The lowest BCUT2D eigenvalue weighted by molar-refractivity contribution is 0.0601. The zero-order valence-corrected chi connectivity index (χ0v) is 10.1. The maximum atomic E-state index is 13.8. The monoisotopic (exact) mass is 270 g/mol. The van der Waals surface area contributed by atoms with Gasteiger partial charge in [0.05, 0.1) is 23.7 Å². The molecule has 1 aromatic carbocycles. The highest BCUT2D eigenvalue weighted by atomic mass is 19.2. The summed E-state index contributed by atoms with van der Waals surface area (Å²) in [6.45, 7) is 0. The van der Waals surface area contributed by atoms with Gasteiger partial charge in [0, 0.05) is 19.3 Å². The molecule has 1 N–H and O–H groups in total. The van der Waals surface area contributed by atoms with Crippen molar-refractivity contribution >= 4 is 22.6 Å². The number of ether oxygens (including phenoxy) is 1. The highest BCUT2D eigenvalue weighted by molar-refractivity contribution is 6.05. The molecule has 19 heavy (non-hydrogen) atoms. The number of rotatable bonds is 2. The molecule has 1 aromatic heterocycles. The Morgan fingerprint density at radius 3 is 2.58 bits per heavy atom. The summed E-state index contributed by atoms with van der Waals surface area (Å²) in [6, 6.07) is 0.760. The SMILES string of the molecule is CNc1c(C(=O)OC)cnc2cc(F)c(F)c(F)c12. The number of nitrogens with zero attached hydrogens (tertiary/aromatic N) is 1. The number of hydrogen-bond donors (Lipinski definition) is 1. The van der Waals surface area contributed by atoms with Gasteiger partial charge in [-0.25, -0.2) is 18.0 Å². The highest BCUT2D eigenvalue weighted by Crippen LogP contribution is 2.30. The lowest BCUT2D eigenvalue weighted by Crippen LogP contribution is -2.08. The van der Waals surface area contributed by atoms with E-state index in [9.17, 15) is 18.0 Å². The molecule has 0 unspecified atom stereocenters. The van der Waals surface area contributed by atoms with Crippen LogP contribution in [-0.4, -0.2) is 25.1 Å². The van der Waals surface area contributed by atoms with Crippen LogP contribution in [0.3, 0.4) is 0 Å². The first-order valence-corrected chi connectivity index (χ1v) is 5.23. The summed E-state index contributed by atoms with van der Waals surface area (Å²) < 4.78 is 44.7. The third-order valence-electron chi connectivity index (χ3n) is 2.65. The molecule has 0 spiro atoms. The number of nitrogens with one attached hydrogen (secondary N) is 1. The van der Waals surface area contributed by atoms with Gasteiger partial charge >= 0.3 is 5.97 Å². The van der Waals surface area contributed by atoms with Gasteiger partial charge in [-0.2, -0.15) is 0 Å². The fraction of sp³-hybridized carbons (Fsp3) is 0.167. The number of aromatic nitrogens is 1. The van der Waals surface area contributed by atoms with E-state index in [0.717, 1.165) is 19.4 Å². The normalized spacial score (nSPS) is 10.6. The Morgan fingerprint density at radius 1 is 1.32 bits per heavy atom. The Morgan fingerprint density at radius 2 is 2.00 bits per heavy atom. The number of fused-ring (bicyclic) bond motifs is 1. The zero-order valence-electron chi connectivity index (χ0n) is 10.1. The third kappa shape index (κ3) is 1.96. The van der Waals surface area contributed by atoms with Crippen LogP contribution >= 0.6 is 0 Å². The fourth-order valence-electron chi connectivity index (χ4n) is 1.78. The minimum absolute atomic E-state index is 0.00625. The molecule has 2 aromatic rings. The van der Waals surface area contributed by atoms with Crippen molar-refractivity contribution in [3.05, 3.63) is 35.3 Å². The number of methoxy groups -OCH3 is 1. The van der Waals surface area contributed by atoms with Crippen molar-refractivity contribution in [2.75, 3.05) is 19.5 Å². The summed E-state index contributed by atoms with van der Waals surface area (Å²) in [6.07, 6.45) is 1.11. The predicted molar refractivity (Wildman–Crippen MR) is 62.5 cm³/mol. The number of anilines is 1. The van der Waals surface area contributed by atoms with Crippen LogP contribution in [-0.2, 0) is 4.74 Å². The van der Waals surface area contributed by atoms with Crippen LogP contribution in [0.25, 0.3) is 10.9 Å². The van der Waals surface area contributed by atoms with Crippen LogP contribution < -0.4 is 5.32 Å². The van der Waals surface area contributed by atoms with E-state index in [1.54, 1.807) is 0 Å². The molecule has 0 aliphatic carbocycles. The topological polar surface area (TPSA) is 51.2 Å². The van der Waals surface area contributed by atoms with Crippen LogP contribution in [0.4, 0.5) is 18.9 Å². The van der Waals surface area contributed by atoms with Gasteiger partial charge in [-0.15, -0.1) is 0 Å². The fourth-order valence-corrected chi connectivity index (χ4v) is 1.78. The lowest BCUT2D eigenvalue weighted by Gasteiger charge is -2.11. The van der Waals surface area contributed by atoms with Crippen molar-refractivity contribution in [3.8, 4) is 0 Å². The second-order valence-electron chi connectivity index (χ2n) is 3.67. The van der Waals surface area contributed by atoms with E-state index in [1.165, 1.54) is 7.05 Å².